The summed E-state index contributed by atoms with van der Waals surface area (Å²) in [6.45, 7) is 30.5. The van der Waals surface area contributed by atoms with Crippen LogP contribution in [0.15, 0.2) is 467 Å². The third-order valence-electron chi connectivity index (χ3n) is 28.0. The number of nitrogens with zero attached hydrogens (tertiary/aromatic N) is 5. The molecule has 0 unspecified atom stereocenters. The first-order chi connectivity index (χ1) is 72.8. The van der Waals surface area contributed by atoms with Crippen LogP contribution in [-0.2, 0) is 21.7 Å². The molecule has 0 atom stereocenters. The van der Waals surface area contributed by atoms with Crippen molar-refractivity contribution in [2.75, 3.05) is 0 Å². The van der Waals surface area contributed by atoms with Crippen molar-refractivity contribution in [3.05, 3.63) is 500 Å². The normalized spacial score (nSPS) is 12.8. The molecule has 25 aromatic rings. The first-order valence-electron chi connectivity index (χ1n) is 53.7. The molecule has 0 aliphatic rings. The molecule has 0 amide bonds. The molecular weight excluding hydrogens is 1730 g/mol. The molecule has 25 rings (SSSR count). The van der Waals surface area contributed by atoms with E-state index < -0.39 is 0 Å². The smallest absolute Gasteiger partial charge is 0.0632 e. The molecule has 0 aliphatic carbocycles. The van der Waals surface area contributed by atoms with Crippen molar-refractivity contribution in [1.82, 2.24) is 22.8 Å². The van der Waals surface area contributed by atoms with Gasteiger partial charge in [-0.2, -0.15) is 0 Å². The van der Waals surface area contributed by atoms with Gasteiger partial charge in [0.05, 0.1) is 71.8 Å². The summed E-state index contributed by atoms with van der Waals surface area (Å²) in [4.78, 5) is 0. The molecule has 0 spiro atoms. The topological polar surface area (TPSA) is 24.6 Å². The van der Waals surface area contributed by atoms with Crippen LogP contribution >= 0.6 is 0 Å². The maximum Gasteiger partial charge on any atom is 0.0632 e. The number of hydrogen-bond acceptors (Lipinski definition) is 0. The van der Waals surface area contributed by atoms with Gasteiger partial charge in [-0.05, 0) is 240 Å². The summed E-state index contributed by atoms with van der Waals surface area (Å²) >= 11 is 0. The molecule has 0 radical (unpaired) electrons. The molecular formula is C138H119N5. The molecule has 0 saturated heterocycles. The fourth-order valence-electron chi connectivity index (χ4n) is 22.2. The minimum absolute atomic E-state index is 0.00145. The lowest BCUT2D eigenvalue weighted by Crippen LogP contribution is -2.16. The van der Waals surface area contributed by atoms with Crippen LogP contribution in [0.3, 0.4) is 0 Å². The maximum absolute atomic E-state index is 8.90. The fraction of sp³-hybridized carbons (Fsp3) is 0.130. The van der Waals surface area contributed by atoms with Crippen LogP contribution in [0.2, 0.25) is 0 Å². The van der Waals surface area contributed by atoms with E-state index in [4.69, 9.17) is 11.0 Å². The van der Waals surface area contributed by atoms with E-state index in [1.54, 1.807) is 13.8 Å². The van der Waals surface area contributed by atoms with Gasteiger partial charge in [0.1, 0.15) is 0 Å². The van der Waals surface area contributed by atoms with E-state index in [0.29, 0.717) is 22.3 Å². The van der Waals surface area contributed by atoms with Gasteiger partial charge in [-0.15, -0.1) is 0 Å². The molecule has 0 bridgehead atoms. The van der Waals surface area contributed by atoms with Gasteiger partial charge < -0.3 is 22.8 Å². The molecule has 5 heteroatoms. The van der Waals surface area contributed by atoms with E-state index in [0.717, 1.165) is 82.8 Å². The Morgan fingerprint density at radius 2 is 0.462 bits per heavy atom. The van der Waals surface area contributed by atoms with Gasteiger partial charge >= 0.3 is 0 Å². The van der Waals surface area contributed by atoms with Crippen molar-refractivity contribution in [3.8, 4) is 95.2 Å². The van der Waals surface area contributed by atoms with E-state index >= 15 is 0 Å². The van der Waals surface area contributed by atoms with Gasteiger partial charge in [0, 0.05) is 76.6 Å². The van der Waals surface area contributed by atoms with Gasteiger partial charge in [0.15, 0.2) is 0 Å². The molecule has 0 fully saturated rings. The predicted octanol–water partition coefficient (Wildman–Crippen LogP) is 38.0. The Morgan fingerprint density at radius 1 is 0.182 bits per heavy atom. The van der Waals surface area contributed by atoms with Gasteiger partial charge in [0.25, 0.3) is 0 Å². The third-order valence-corrected chi connectivity index (χ3v) is 28.0. The molecule has 143 heavy (non-hydrogen) atoms. The van der Waals surface area contributed by atoms with Crippen molar-refractivity contribution in [2.24, 2.45) is 0 Å². The van der Waals surface area contributed by atoms with Gasteiger partial charge in [-0.3, -0.25) is 0 Å². The largest absolute Gasteiger partial charge is 0.309 e. The zero-order chi connectivity index (χ0) is 105. The van der Waals surface area contributed by atoms with E-state index in [1.165, 1.54) is 133 Å². The number of para-hydroxylation sites is 6. The maximum atomic E-state index is 8.90. The number of rotatable bonds is 11. The highest BCUT2D eigenvalue weighted by Gasteiger charge is 2.34. The molecule has 5 nitrogen and oxygen atoms in total. The summed E-state index contributed by atoms with van der Waals surface area (Å²) in [5, 5.41) is 12.1. The van der Waals surface area contributed by atoms with Crippen LogP contribution in [0.25, 0.3) is 204 Å². The van der Waals surface area contributed by atoms with E-state index in [1.807, 2.05) is 60.7 Å². The van der Waals surface area contributed by atoms with Crippen LogP contribution in [0.5, 0.6) is 0 Å². The third kappa shape index (κ3) is 16.7. The van der Waals surface area contributed by atoms with Crippen LogP contribution in [0.1, 0.15) is 127 Å². The second-order valence-corrected chi connectivity index (χ2v) is 41.6. The van der Waals surface area contributed by atoms with Crippen molar-refractivity contribution >= 4 is 109 Å². The van der Waals surface area contributed by atoms with E-state index in [2.05, 4.69) is 464 Å². The summed E-state index contributed by atoms with van der Waals surface area (Å²) in [5.74, 6) is 0. The monoisotopic (exact) mass is 1850 g/mol. The predicted molar refractivity (Wildman–Crippen MR) is 614 cm³/mol. The van der Waals surface area contributed by atoms with Crippen LogP contribution in [-0.4, -0.2) is 22.8 Å². The number of benzene rings is 20. The van der Waals surface area contributed by atoms with Gasteiger partial charge in [-0.1, -0.05) is 446 Å². The fourth-order valence-corrected chi connectivity index (χ4v) is 22.2. The molecule has 696 valence electrons. The van der Waals surface area contributed by atoms with E-state index in [-0.39, 0.29) is 70.0 Å². The Morgan fingerprint density at radius 3 is 0.818 bits per heavy atom. The van der Waals surface area contributed by atoms with Crippen LogP contribution in [0, 0.1) is 13.8 Å². The first kappa shape index (κ1) is 82.3. The average Bonchev–Trinajstić information content (AvgIpc) is 1.55. The number of aromatic nitrogens is 5. The van der Waals surface area contributed by atoms with Crippen molar-refractivity contribution < 1.29 is 11.0 Å². The molecule has 0 N–H and O–H groups in total. The van der Waals surface area contributed by atoms with Gasteiger partial charge in [0.2, 0.25) is 0 Å². The SMILES string of the molecule is CC(C)(C)c1c(-c2ccccc2)ccc2c1c1c(-c3ccccc3)cccc1n2-c1ccccc1.CC(C)(C)c1c(-n2c3ccccc3c3ccccc32)ccc2c1c1c(-c3ccccc3)cccc1n2-c1ccccc1.[2H]c1c([2H])c(-c2ccc3c(c2C(C)(C)C)c2c(-c4ccccc4)cccc2n3-c2ccccc2)c([2H])c([2H])c1C.[2H]c1c([2H])c(C)c([2H])c(-c2cccc3c2c2c(C(C)(C)C)cccc2n3-c2ccccc2)c1[2H]. The summed E-state index contributed by atoms with van der Waals surface area (Å²) in [6.07, 6.45) is 0. The highest BCUT2D eigenvalue weighted by atomic mass is 15.0. The minimum atomic E-state index is -0.372. The molecule has 20 aromatic carbocycles. The Balaban J connectivity index is 0.000000114. The standard InChI is InChI=1S/C40H32N2.C35H31N.C34H29N.C29H27N/c1-40(2,3)39-36(42-32-22-12-10-19-30(32)31-20-11-13-23-33(31)42)26-25-35-38(39)37-29(27-15-6-4-7-16-27)21-14-24-34(37)41(35)28-17-8-5-9-18-28;1-24-18-20-26(21-19-24)29-22-23-31-33(34(29)35(2,3)4)32-28(25-12-7-5-8-13-25)16-11-17-30(32)36(31)27-14-9-6-10-15-27;1-34(2,3)33-28(25-16-9-5-10-17-25)22-23-30-32(33)31-27(24-14-7-4-8-15-24)20-13-21-29(31)35(30)26-18-11-6-12-19-26;1-20-11-8-12-21(19-20)23-15-9-17-25-27(23)28-24(29(2,3)4)16-10-18-26(28)30(25)22-13-6-5-7-14-22/h4-26H,1-3H3;5-23H,1-4H3;4-23H,1-3H3;5-19H,1-4H3/i;18D,19D,20D,21D;;8D,11D,12D,19D. The second-order valence-electron chi connectivity index (χ2n) is 41.6. The number of fused-ring (bicyclic) bond motifs is 15. The molecule has 0 saturated carbocycles. The zero-order valence-electron chi connectivity index (χ0n) is 91.6. The average molecular weight is 1860 g/mol. The summed E-state index contributed by atoms with van der Waals surface area (Å²) in [7, 11) is 0. The van der Waals surface area contributed by atoms with Crippen molar-refractivity contribution in [1.29, 1.82) is 0 Å². The summed E-state index contributed by atoms with van der Waals surface area (Å²) < 4.78 is 80.9. The van der Waals surface area contributed by atoms with Crippen LogP contribution in [0.4, 0.5) is 0 Å². The number of hydrogen-bond donors (Lipinski definition) is 0. The van der Waals surface area contributed by atoms with Crippen LogP contribution < -0.4 is 0 Å². The minimum Gasteiger partial charge on any atom is -0.309 e. The Hall–Kier alpha value is -16.6. The molecule has 0 aliphatic heterocycles. The Kier molecular flexibility index (Phi) is 21.4. The highest BCUT2D eigenvalue weighted by Crippen LogP contribution is 2.53. The summed E-state index contributed by atoms with van der Waals surface area (Å²) in [6, 6.07) is 148. The Bertz CT molecular complexity index is 9480. The van der Waals surface area contributed by atoms with Crippen molar-refractivity contribution in [3.63, 3.8) is 0 Å². The Labute approximate surface area is 851 Å². The van der Waals surface area contributed by atoms with Crippen molar-refractivity contribution in [2.45, 2.75) is 119 Å². The van der Waals surface area contributed by atoms with E-state index in [9.17, 15) is 0 Å². The molecule has 5 aromatic heterocycles. The lowest BCUT2D eigenvalue weighted by atomic mass is 9.78. The summed E-state index contributed by atoms with van der Waals surface area (Å²) in [5.41, 5.74) is 34.4. The highest BCUT2D eigenvalue weighted by molar-refractivity contribution is 6.23. The lowest BCUT2D eigenvalue weighted by Gasteiger charge is -2.26. The first-order valence-corrected chi connectivity index (χ1v) is 49.7. The molecule has 5 heterocycles. The van der Waals surface area contributed by atoms with Gasteiger partial charge in [-0.25, -0.2) is 0 Å². The second kappa shape index (κ2) is 37.2. The lowest BCUT2D eigenvalue weighted by molar-refractivity contribution is 0.593. The quantitative estimate of drug-likeness (QED) is 0.123. The zero-order valence-corrected chi connectivity index (χ0v) is 83.6.